The molecule has 0 spiro atoms. The van der Waals surface area contributed by atoms with Crippen LogP contribution >= 0.6 is 0 Å². The molecular formula is C12H9F3N2O2. The van der Waals surface area contributed by atoms with E-state index in [0.717, 1.165) is 19.2 Å². The second-order valence-electron chi connectivity index (χ2n) is 3.67. The topological polar surface area (TPSA) is 44.1 Å². The number of nitrogens with zero attached hydrogens (tertiary/aromatic N) is 2. The molecule has 1 aromatic heterocycles. The van der Waals surface area contributed by atoms with Crippen LogP contribution in [0.2, 0.25) is 0 Å². The number of hydrogen-bond acceptors (Lipinski definition) is 3. The summed E-state index contributed by atoms with van der Waals surface area (Å²) >= 11 is 0. The highest BCUT2D eigenvalue weighted by Gasteiger charge is 2.36. The maximum Gasteiger partial charge on any atom is 0.417 e. The van der Waals surface area contributed by atoms with Gasteiger partial charge in [0.05, 0.1) is 23.9 Å². The molecular weight excluding hydrogens is 261 g/mol. The number of ether oxygens (including phenoxy) is 1. The van der Waals surface area contributed by atoms with E-state index in [0.29, 0.717) is 0 Å². The molecule has 1 heterocycles. The number of hydrogen-bond donors (Lipinski definition) is 0. The molecule has 2 rings (SSSR count). The Morgan fingerprint density at radius 3 is 2.63 bits per heavy atom. The summed E-state index contributed by atoms with van der Waals surface area (Å²) in [7, 11) is 1.03. The first-order chi connectivity index (χ1) is 8.93. The average Bonchev–Trinajstić information content (AvgIpc) is 2.90. The van der Waals surface area contributed by atoms with Crippen molar-refractivity contribution in [3.8, 4) is 5.69 Å². The van der Waals surface area contributed by atoms with Crippen molar-refractivity contribution in [2.45, 2.75) is 6.18 Å². The van der Waals surface area contributed by atoms with Crippen LogP contribution in [-0.4, -0.2) is 22.9 Å². The smallest absolute Gasteiger partial charge is 0.417 e. The van der Waals surface area contributed by atoms with Crippen LogP contribution in [0.5, 0.6) is 0 Å². The van der Waals surface area contributed by atoms with Gasteiger partial charge < -0.3 is 4.74 Å². The molecule has 0 atom stereocenters. The van der Waals surface area contributed by atoms with Crippen molar-refractivity contribution in [3.63, 3.8) is 0 Å². The first-order valence-corrected chi connectivity index (χ1v) is 5.23. The van der Waals surface area contributed by atoms with Crippen molar-refractivity contribution in [3.05, 3.63) is 47.8 Å². The zero-order valence-corrected chi connectivity index (χ0v) is 9.81. The van der Waals surface area contributed by atoms with Gasteiger partial charge in [-0.3, -0.25) is 0 Å². The van der Waals surface area contributed by atoms with Crippen LogP contribution in [0.3, 0.4) is 0 Å². The second-order valence-corrected chi connectivity index (χ2v) is 3.67. The molecule has 0 aliphatic heterocycles. The number of esters is 1. The predicted octanol–water partition coefficient (Wildman–Crippen LogP) is 2.68. The SMILES string of the molecule is COC(=O)c1ccc(-n2cccn2)cc1C(F)(F)F. The maximum atomic E-state index is 12.9. The normalized spacial score (nSPS) is 11.4. The summed E-state index contributed by atoms with van der Waals surface area (Å²) in [6, 6.07) is 4.89. The van der Waals surface area contributed by atoms with E-state index in [4.69, 9.17) is 0 Å². The summed E-state index contributed by atoms with van der Waals surface area (Å²) in [6.07, 6.45) is -1.69. The molecule has 100 valence electrons. The van der Waals surface area contributed by atoms with Crippen molar-refractivity contribution in [1.29, 1.82) is 0 Å². The number of rotatable bonds is 2. The van der Waals surface area contributed by atoms with Crippen molar-refractivity contribution in [2.75, 3.05) is 7.11 Å². The average molecular weight is 270 g/mol. The Hall–Kier alpha value is -2.31. The van der Waals surface area contributed by atoms with E-state index in [1.54, 1.807) is 6.07 Å². The molecule has 0 fully saturated rings. The molecule has 0 saturated heterocycles. The third-order valence-corrected chi connectivity index (χ3v) is 2.48. The van der Waals surface area contributed by atoms with Gasteiger partial charge in [-0.2, -0.15) is 18.3 Å². The van der Waals surface area contributed by atoms with Crippen molar-refractivity contribution in [1.82, 2.24) is 9.78 Å². The minimum atomic E-state index is -4.65. The summed E-state index contributed by atoms with van der Waals surface area (Å²) in [5.74, 6) is -1.03. The van der Waals surface area contributed by atoms with Crippen molar-refractivity contribution >= 4 is 5.97 Å². The maximum absolute atomic E-state index is 12.9. The molecule has 0 bridgehead atoms. The number of methoxy groups -OCH3 is 1. The molecule has 0 aliphatic rings. The predicted molar refractivity (Wildman–Crippen MR) is 59.9 cm³/mol. The highest BCUT2D eigenvalue weighted by Crippen LogP contribution is 2.33. The number of carbonyl (C=O) groups excluding carboxylic acids is 1. The van der Waals surface area contributed by atoms with Crippen LogP contribution in [0.4, 0.5) is 13.2 Å². The Morgan fingerprint density at radius 2 is 2.11 bits per heavy atom. The second kappa shape index (κ2) is 4.75. The largest absolute Gasteiger partial charge is 0.465 e. The zero-order chi connectivity index (χ0) is 14.0. The molecule has 2 aromatic rings. The fourth-order valence-corrected chi connectivity index (χ4v) is 1.62. The van der Waals surface area contributed by atoms with E-state index in [1.807, 2.05) is 0 Å². The molecule has 0 N–H and O–H groups in total. The number of aromatic nitrogens is 2. The van der Waals surface area contributed by atoms with Crippen LogP contribution in [0.15, 0.2) is 36.7 Å². The molecule has 4 nitrogen and oxygen atoms in total. The highest BCUT2D eigenvalue weighted by atomic mass is 19.4. The molecule has 0 unspecified atom stereocenters. The van der Waals surface area contributed by atoms with E-state index < -0.39 is 23.3 Å². The molecule has 19 heavy (non-hydrogen) atoms. The first-order valence-electron chi connectivity index (χ1n) is 5.23. The van der Waals surface area contributed by atoms with Crippen LogP contribution in [-0.2, 0) is 10.9 Å². The van der Waals surface area contributed by atoms with Crippen LogP contribution in [0.1, 0.15) is 15.9 Å². The van der Waals surface area contributed by atoms with Gasteiger partial charge >= 0.3 is 12.1 Å². The summed E-state index contributed by atoms with van der Waals surface area (Å²) in [5, 5.41) is 3.84. The first kappa shape index (κ1) is 13.1. The van der Waals surface area contributed by atoms with Gasteiger partial charge in [-0.25, -0.2) is 9.48 Å². The van der Waals surface area contributed by atoms with Crippen molar-refractivity contribution in [2.24, 2.45) is 0 Å². The molecule has 0 radical (unpaired) electrons. The third kappa shape index (κ3) is 2.59. The fourth-order valence-electron chi connectivity index (χ4n) is 1.62. The van der Waals surface area contributed by atoms with Crippen LogP contribution < -0.4 is 0 Å². The number of alkyl halides is 3. The van der Waals surface area contributed by atoms with Gasteiger partial charge in [-0.05, 0) is 24.3 Å². The van der Waals surface area contributed by atoms with E-state index in [-0.39, 0.29) is 5.69 Å². The third-order valence-electron chi connectivity index (χ3n) is 2.48. The van der Waals surface area contributed by atoms with E-state index in [9.17, 15) is 18.0 Å². The quantitative estimate of drug-likeness (QED) is 0.788. The van der Waals surface area contributed by atoms with Crippen LogP contribution in [0.25, 0.3) is 5.69 Å². The minimum absolute atomic E-state index is 0.213. The Morgan fingerprint density at radius 1 is 1.37 bits per heavy atom. The number of carbonyl (C=O) groups is 1. The minimum Gasteiger partial charge on any atom is -0.465 e. The lowest BCUT2D eigenvalue weighted by molar-refractivity contribution is -0.138. The number of halogens is 3. The lowest BCUT2D eigenvalue weighted by Crippen LogP contribution is -2.15. The van der Waals surface area contributed by atoms with Gasteiger partial charge in [-0.1, -0.05) is 0 Å². The van der Waals surface area contributed by atoms with E-state index >= 15 is 0 Å². The Kier molecular flexibility index (Phi) is 3.28. The summed E-state index contributed by atoms with van der Waals surface area (Å²) in [5.41, 5.74) is -1.36. The molecule has 7 heteroatoms. The summed E-state index contributed by atoms with van der Waals surface area (Å²) in [4.78, 5) is 11.3. The van der Waals surface area contributed by atoms with Gasteiger partial charge in [-0.15, -0.1) is 0 Å². The van der Waals surface area contributed by atoms with Gasteiger partial charge in [0.2, 0.25) is 0 Å². The zero-order valence-electron chi connectivity index (χ0n) is 9.81. The van der Waals surface area contributed by atoms with Gasteiger partial charge in [0.25, 0.3) is 0 Å². The summed E-state index contributed by atoms with van der Waals surface area (Å²) in [6.45, 7) is 0. The molecule has 0 saturated carbocycles. The number of benzene rings is 1. The van der Waals surface area contributed by atoms with Gasteiger partial charge in [0.15, 0.2) is 0 Å². The standard InChI is InChI=1S/C12H9F3N2O2/c1-19-11(18)9-4-3-8(17-6-2-5-16-17)7-10(9)12(13,14)15/h2-7H,1H3. The highest BCUT2D eigenvalue weighted by molar-refractivity contribution is 5.91. The fraction of sp³-hybridized carbons (Fsp3) is 0.167. The Bertz CT molecular complexity index is 592. The molecule has 0 aliphatic carbocycles. The Balaban J connectivity index is 2.57. The molecule has 1 aromatic carbocycles. The molecule has 0 amide bonds. The van der Waals surface area contributed by atoms with Gasteiger partial charge in [0.1, 0.15) is 0 Å². The lowest BCUT2D eigenvalue weighted by Gasteiger charge is -2.13. The van der Waals surface area contributed by atoms with E-state index in [2.05, 4.69) is 9.84 Å². The van der Waals surface area contributed by atoms with E-state index in [1.165, 1.54) is 23.1 Å². The monoisotopic (exact) mass is 270 g/mol. The lowest BCUT2D eigenvalue weighted by atomic mass is 10.1. The van der Waals surface area contributed by atoms with Crippen molar-refractivity contribution < 1.29 is 22.7 Å². The van der Waals surface area contributed by atoms with Crippen LogP contribution in [0, 0.1) is 0 Å². The Labute approximate surface area is 106 Å². The van der Waals surface area contributed by atoms with Gasteiger partial charge in [0, 0.05) is 12.4 Å². The summed E-state index contributed by atoms with van der Waals surface area (Å²) < 4.78 is 44.4.